The number of ether oxygens (including phenoxy) is 1. The summed E-state index contributed by atoms with van der Waals surface area (Å²) >= 11 is 0. The van der Waals surface area contributed by atoms with Gasteiger partial charge in [-0.1, -0.05) is 0 Å². The number of nitrogens with two attached hydrogens (primary N) is 1. The minimum atomic E-state index is -0.00390. The number of amides is 1. The van der Waals surface area contributed by atoms with Gasteiger partial charge in [0, 0.05) is 39.5 Å². The highest BCUT2D eigenvalue weighted by molar-refractivity contribution is 6.00. The second-order valence-electron chi connectivity index (χ2n) is 5.65. The van der Waals surface area contributed by atoms with Crippen molar-refractivity contribution in [1.29, 1.82) is 0 Å². The molecule has 0 spiro atoms. The van der Waals surface area contributed by atoms with Crippen molar-refractivity contribution in [3.8, 4) is 0 Å². The number of anilines is 2. The molecule has 2 rings (SSSR count). The van der Waals surface area contributed by atoms with Gasteiger partial charge in [0.1, 0.15) is 0 Å². The number of hydrogen-bond acceptors (Lipinski definition) is 4. The maximum Gasteiger partial charge on any atom is 0.255 e. The molecule has 1 saturated heterocycles. The summed E-state index contributed by atoms with van der Waals surface area (Å²) in [6, 6.07) is 5.47. The van der Waals surface area contributed by atoms with E-state index in [1.54, 1.807) is 25.1 Å². The van der Waals surface area contributed by atoms with Gasteiger partial charge < -0.3 is 20.3 Å². The van der Waals surface area contributed by atoms with Gasteiger partial charge in [-0.05, 0) is 38.0 Å². The van der Waals surface area contributed by atoms with E-state index in [0.29, 0.717) is 11.3 Å². The van der Waals surface area contributed by atoms with Crippen molar-refractivity contribution >= 4 is 17.3 Å². The van der Waals surface area contributed by atoms with E-state index in [9.17, 15) is 4.79 Å². The van der Waals surface area contributed by atoms with Crippen LogP contribution in [0.2, 0.25) is 0 Å². The van der Waals surface area contributed by atoms with Gasteiger partial charge >= 0.3 is 0 Å². The Morgan fingerprint density at radius 3 is 2.76 bits per heavy atom. The summed E-state index contributed by atoms with van der Waals surface area (Å²) in [7, 11) is 3.53. The third-order valence-corrected chi connectivity index (χ3v) is 3.83. The molecule has 1 heterocycles. The van der Waals surface area contributed by atoms with E-state index in [4.69, 9.17) is 10.5 Å². The van der Waals surface area contributed by atoms with Crippen LogP contribution in [0, 0.1) is 0 Å². The standard InChI is InChI=1S/C16H25N3O2/c1-4-19(11-13-6-5-9-21-13)15-10-12(17)7-8-14(15)16(20)18(2)3/h7-8,10,13H,4-6,9,11,17H2,1-3H3. The fraction of sp³-hybridized carbons (Fsp3) is 0.562. The first kappa shape index (κ1) is 15.6. The first-order chi connectivity index (χ1) is 10.0. The smallest absolute Gasteiger partial charge is 0.255 e. The lowest BCUT2D eigenvalue weighted by Crippen LogP contribution is -2.34. The first-order valence-corrected chi connectivity index (χ1v) is 7.50. The molecule has 1 aliphatic rings. The lowest BCUT2D eigenvalue weighted by Gasteiger charge is -2.28. The minimum absolute atomic E-state index is 0.00390. The summed E-state index contributed by atoms with van der Waals surface area (Å²) in [5.41, 5.74) is 8.18. The van der Waals surface area contributed by atoms with Crippen LogP contribution >= 0.6 is 0 Å². The van der Waals surface area contributed by atoms with Gasteiger partial charge in [0.05, 0.1) is 17.4 Å². The van der Waals surface area contributed by atoms with Crippen LogP contribution in [-0.4, -0.2) is 50.7 Å². The Morgan fingerprint density at radius 2 is 2.19 bits per heavy atom. The van der Waals surface area contributed by atoms with Crippen LogP contribution in [0.1, 0.15) is 30.1 Å². The van der Waals surface area contributed by atoms with Gasteiger partial charge in [-0.3, -0.25) is 4.79 Å². The molecule has 0 saturated carbocycles. The molecule has 21 heavy (non-hydrogen) atoms. The molecule has 0 bridgehead atoms. The van der Waals surface area contributed by atoms with Crippen molar-refractivity contribution in [3.63, 3.8) is 0 Å². The fourth-order valence-electron chi connectivity index (χ4n) is 2.66. The van der Waals surface area contributed by atoms with E-state index < -0.39 is 0 Å². The maximum atomic E-state index is 12.4. The third kappa shape index (κ3) is 3.67. The molecule has 0 radical (unpaired) electrons. The van der Waals surface area contributed by atoms with Gasteiger partial charge in [0.2, 0.25) is 0 Å². The molecular weight excluding hydrogens is 266 g/mol. The molecule has 1 aromatic carbocycles. The molecule has 0 aromatic heterocycles. The van der Waals surface area contributed by atoms with Gasteiger partial charge in [-0.2, -0.15) is 0 Å². The Hall–Kier alpha value is -1.75. The first-order valence-electron chi connectivity index (χ1n) is 7.50. The number of hydrogen-bond donors (Lipinski definition) is 1. The molecule has 1 aliphatic heterocycles. The van der Waals surface area contributed by atoms with E-state index in [2.05, 4.69) is 11.8 Å². The van der Waals surface area contributed by atoms with Crippen molar-refractivity contribution < 1.29 is 9.53 Å². The topological polar surface area (TPSA) is 58.8 Å². The predicted octanol–water partition coefficient (Wildman–Crippen LogP) is 1.98. The van der Waals surface area contributed by atoms with Crippen molar-refractivity contribution in [2.45, 2.75) is 25.9 Å². The van der Waals surface area contributed by atoms with Crippen LogP contribution in [0.5, 0.6) is 0 Å². The van der Waals surface area contributed by atoms with Crippen LogP contribution in [0.4, 0.5) is 11.4 Å². The lowest BCUT2D eigenvalue weighted by atomic mass is 10.1. The molecule has 5 heteroatoms. The lowest BCUT2D eigenvalue weighted by molar-refractivity contribution is 0.0827. The third-order valence-electron chi connectivity index (χ3n) is 3.83. The van der Waals surface area contributed by atoms with Crippen molar-refractivity contribution in [1.82, 2.24) is 4.90 Å². The number of rotatable bonds is 5. The highest BCUT2D eigenvalue weighted by Crippen LogP contribution is 2.26. The fourth-order valence-corrected chi connectivity index (χ4v) is 2.66. The van der Waals surface area contributed by atoms with Crippen molar-refractivity contribution in [3.05, 3.63) is 23.8 Å². The van der Waals surface area contributed by atoms with Crippen LogP contribution in [-0.2, 0) is 4.74 Å². The number of nitrogen functional groups attached to an aromatic ring is 1. The van der Waals surface area contributed by atoms with E-state index in [-0.39, 0.29) is 12.0 Å². The van der Waals surface area contributed by atoms with Gasteiger partial charge in [-0.15, -0.1) is 0 Å². The zero-order valence-corrected chi connectivity index (χ0v) is 13.1. The monoisotopic (exact) mass is 291 g/mol. The summed E-state index contributed by atoms with van der Waals surface area (Å²) < 4.78 is 5.72. The Balaban J connectivity index is 2.29. The number of benzene rings is 1. The Morgan fingerprint density at radius 1 is 1.43 bits per heavy atom. The van der Waals surface area contributed by atoms with Gasteiger partial charge in [-0.25, -0.2) is 0 Å². The average Bonchev–Trinajstić information content (AvgIpc) is 2.96. The van der Waals surface area contributed by atoms with E-state index in [0.717, 1.165) is 38.2 Å². The molecular formula is C16H25N3O2. The molecule has 1 unspecified atom stereocenters. The largest absolute Gasteiger partial charge is 0.399 e. The Labute approximate surface area is 126 Å². The summed E-state index contributed by atoms with van der Waals surface area (Å²) in [6.07, 6.45) is 2.44. The van der Waals surface area contributed by atoms with E-state index in [1.807, 2.05) is 12.1 Å². The molecule has 0 aliphatic carbocycles. The van der Waals surface area contributed by atoms with Gasteiger partial charge in [0.15, 0.2) is 0 Å². The minimum Gasteiger partial charge on any atom is -0.399 e. The summed E-state index contributed by atoms with van der Waals surface area (Å²) in [4.78, 5) is 16.1. The number of nitrogens with zero attached hydrogens (tertiary/aromatic N) is 2. The number of carbonyl (C=O) groups excluding carboxylic acids is 1. The molecule has 2 N–H and O–H groups in total. The highest BCUT2D eigenvalue weighted by atomic mass is 16.5. The SMILES string of the molecule is CCN(CC1CCCO1)c1cc(N)ccc1C(=O)N(C)C. The highest BCUT2D eigenvalue weighted by Gasteiger charge is 2.22. The van der Waals surface area contributed by atoms with Crippen molar-refractivity contribution in [2.24, 2.45) is 0 Å². The maximum absolute atomic E-state index is 12.4. The van der Waals surface area contributed by atoms with Crippen LogP contribution in [0.25, 0.3) is 0 Å². The van der Waals surface area contributed by atoms with Crippen LogP contribution in [0.3, 0.4) is 0 Å². The second kappa shape index (κ2) is 6.80. The molecule has 1 aromatic rings. The van der Waals surface area contributed by atoms with E-state index in [1.165, 1.54) is 0 Å². The molecule has 1 amide bonds. The van der Waals surface area contributed by atoms with Gasteiger partial charge in [0.25, 0.3) is 5.91 Å². The number of likely N-dealkylation sites (N-methyl/N-ethyl adjacent to an activating group) is 1. The van der Waals surface area contributed by atoms with Crippen molar-refractivity contribution in [2.75, 3.05) is 44.4 Å². The van der Waals surface area contributed by atoms with E-state index >= 15 is 0 Å². The quantitative estimate of drug-likeness (QED) is 0.843. The average molecular weight is 291 g/mol. The second-order valence-corrected chi connectivity index (χ2v) is 5.65. The van der Waals surface area contributed by atoms with Crippen LogP contribution in [0.15, 0.2) is 18.2 Å². The molecule has 1 atom stereocenters. The molecule has 1 fully saturated rings. The molecule has 5 nitrogen and oxygen atoms in total. The summed E-state index contributed by atoms with van der Waals surface area (Å²) in [5.74, 6) is -0.00390. The molecule has 116 valence electrons. The Kier molecular flexibility index (Phi) is 5.07. The van der Waals surface area contributed by atoms with Crippen LogP contribution < -0.4 is 10.6 Å². The Bertz CT molecular complexity index is 496. The summed E-state index contributed by atoms with van der Waals surface area (Å²) in [6.45, 7) is 4.54. The predicted molar refractivity (Wildman–Crippen MR) is 85.7 cm³/mol. The zero-order valence-electron chi connectivity index (χ0n) is 13.1. The number of carbonyl (C=O) groups is 1. The normalized spacial score (nSPS) is 17.8. The zero-order chi connectivity index (χ0) is 15.4. The summed E-state index contributed by atoms with van der Waals surface area (Å²) in [5, 5.41) is 0.